The number of carboxylic acids is 1. The molecule has 0 aliphatic carbocycles. The van der Waals surface area contributed by atoms with E-state index in [-0.39, 0.29) is 28.8 Å². The summed E-state index contributed by atoms with van der Waals surface area (Å²) in [5, 5.41) is 13.8. The van der Waals surface area contributed by atoms with Gasteiger partial charge in [0.25, 0.3) is 0 Å². The van der Waals surface area contributed by atoms with Crippen molar-refractivity contribution in [3.8, 4) is 0 Å². The van der Waals surface area contributed by atoms with Gasteiger partial charge in [0.15, 0.2) is 5.78 Å². The monoisotopic (exact) mass is 488 g/mol. The Hall–Kier alpha value is -2.78. The fraction of sp³-hybridized carbons (Fsp3) is 0.333. The maximum atomic E-state index is 12.0. The minimum atomic E-state index is -0.789. The first-order chi connectivity index (χ1) is 15.4. The number of ketones is 1. The highest BCUT2D eigenvalue weighted by molar-refractivity contribution is 8.00. The van der Waals surface area contributed by atoms with Gasteiger partial charge in [0, 0.05) is 57.5 Å². The summed E-state index contributed by atoms with van der Waals surface area (Å²) in [4.78, 5) is 46.0. The van der Waals surface area contributed by atoms with E-state index in [4.69, 9.17) is 5.11 Å². The molecule has 1 aliphatic heterocycles. The number of anilines is 2. The van der Waals surface area contributed by atoms with Crippen LogP contribution in [0.2, 0.25) is 0 Å². The van der Waals surface area contributed by atoms with Gasteiger partial charge in [0.1, 0.15) is 0 Å². The van der Waals surface area contributed by atoms with E-state index >= 15 is 0 Å². The number of rotatable bonds is 6. The summed E-state index contributed by atoms with van der Waals surface area (Å²) >= 11 is 3.19. The van der Waals surface area contributed by atoms with E-state index in [0.29, 0.717) is 17.9 Å². The van der Waals surface area contributed by atoms with Gasteiger partial charge in [-0.25, -0.2) is 0 Å². The average molecular weight is 489 g/mol. The van der Waals surface area contributed by atoms with Crippen molar-refractivity contribution in [1.82, 2.24) is 0 Å². The molecule has 0 radical (unpaired) electrons. The lowest BCUT2D eigenvalue weighted by molar-refractivity contribution is -0.136. The third-order valence-corrected chi connectivity index (χ3v) is 6.62. The molecule has 0 saturated carbocycles. The summed E-state index contributed by atoms with van der Waals surface area (Å²) < 4.78 is -0.0421. The number of amides is 2. The highest BCUT2D eigenvalue weighted by Gasteiger charge is 2.31. The van der Waals surface area contributed by atoms with E-state index in [9.17, 15) is 19.2 Å². The van der Waals surface area contributed by atoms with Crippen LogP contribution in [0.4, 0.5) is 11.4 Å². The van der Waals surface area contributed by atoms with Gasteiger partial charge < -0.3 is 15.7 Å². The SMILES string of the molecule is CC(=O)Nc1ccc(SCCC(=O)O)cc1.CC(=O)Nc1ccc2c(c1)C(=O)CC(C)(C)S2. The van der Waals surface area contributed by atoms with Crippen LogP contribution in [0.3, 0.4) is 0 Å². The Morgan fingerprint density at radius 3 is 2.15 bits per heavy atom. The zero-order valence-electron chi connectivity index (χ0n) is 19.1. The van der Waals surface area contributed by atoms with E-state index in [1.807, 2.05) is 24.3 Å². The molecule has 176 valence electrons. The number of aliphatic carboxylic acids is 1. The summed E-state index contributed by atoms with van der Waals surface area (Å²) in [6.45, 7) is 7.05. The van der Waals surface area contributed by atoms with Crippen LogP contribution in [0.1, 0.15) is 50.9 Å². The lowest BCUT2D eigenvalue weighted by Crippen LogP contribution is -2.25. The molecule has 0 unspecified atom stereocenters. The lowest BCUT2D eigenvalue weighted by atomic mass is 9.99. The molecule has 3 rings (SSSR count). The summed E-state index contributed by atoms with van der Waals surface area (Å²) in [7, 11) is 0. The van der Waals surface area contributed by atoms with Gasteiger partial charge in [0.2, 0.25) is 11.8 Å². The second-order valence-corrected chi connectivity index (χ2v) is 11.0. The molecule has 2 amide bonds. The highest BCUT2D eigenvalue weighted by Crippen LogP contribution is 2.43. The van der Waals surface area contributed by atoms with Crippen LogP contribution in [0.5, 0.6) is 0 Å². The molecule has 9 heteroatoms. The largest absolute Gasteiger partial charge is 0.481 e. The average Bonchev–Trinajstić information content (AvgIpc) is 2.68. The predicted molar refractivity (Wildman–Crippen MR) is 133 cm³/mol. The Bertz CT molecular complexity index is 1040. The molecule has 0 aromatic heterocycles. The van der Waals surface area contributed by atoms with Crippen LogP contribution >= 0.6 is 23.5 Å². The van der Waals surface area contributed by atoms with Gasteiger partial charge in [-0.3, -0.25) is 19.2 Å². The van der Waals surface area contributed by atoms with E-state index < -0.39 is 5.97 Å². The second kappa shape index (κ2) is 11.9. The molecule has 7 nitrogen and oxygen atoms in total. The summed E-state index contributed by atoms with van der Waals surface area (Å²) in [6.07, 6.45) is 0.687. The van der Waals surface area contributed by atoms with Crippen LogP contribution in [-0.4, -0.2) is 39.2 Å². The number of hydrogen-bond donors (Lipinski definition) is 3. The zero-order valence-corrected chi connectivity index (χ0v) is 20.7. The van der Waals surface area contributed by atoms with Crippen molar-refractivity contribution in [3.05, 3.63) is 48.0 Å². The number of carboxylic acid groups (broad SMARTS) is 1. The van der Waals surface area contributed by atoms with E-state index in [1.165, 1.54) is 25.6 Å². The molecule has 2 aromatic rings. The van der Waals surface area contributed by atoms with Gasteiger partial charge >= 0.3 is 5.97 Å². The number of carbonyl (C=O) groups is 4. The molecule has 1 aliphatic rings. The third kappa shape index (κ3) is 9.31. The molecule has 0 atom stereocenters. The van der Waals surface area contributed by atoms with Crippen LogP contribution in [0.15, 0.2) is 52.3 Å². The van der Waals surface area contributed by atoms with Crippen LogP contribution in [-0.2, 0) is 14.4 Å². The Kier molecular flexibility index (Phi) is 9.55. The standard InChI is InChI=1S/C13H15NO2S.C11H13NO3S/c1-8(15)14-9-4-5-12-10(6-9)11(16)7-13(2,3)17-12;1-8(13)12-9-2-4-10(5-3-9)16-7-6-11(14)15/h4-6H,7H2,1-3H3,(H,14,15);2-5H,6-7H2,1H3,(H,12,13)(H,14,15). The van der Waals surface area contributed by atoms with Crippen molar-refractivity contribution in [3.63, 3.8) is 0 Å². The van der Waals surface area contributed by atoms with Gasteiger partial charge in [-0.2, -0.15) is 0 Å². The number of carbonyl (C=O) groups excluding carboxylic acids is 3. The summed E-state index contributed by atoms with van der Waals surface area (Å²) in [6, 6.07) is 12.8. The van der Waals surface area contributed by atoms with Crippen molar-refractivity contribution in [1.29, 1.82) is 0 Å². The normalized spacial score (nSPS) is 13.8. The molecule has 0 fully saturated rings. The van der Waals surface area contributed by atoms with Crippen LogP contribution in [0, 0.1) is 0 Å². The molecule has 0 spiro atoms. The van der Waals surface area contributed by atoms with Crippen molar-refractivity contribution < 1.29 is 24.3 Å². The first-order valence-electron chi connectivity index (χ1n) is 10.3. The summed E-state index contributed by atoms with van der Waals surface area (Å²) in [5.41, 5.74) is 2.15. The highest BCUT2D eigenvalue weighted by atomic mass is 32.2. The van der Waals surface area contributed by atoms with E-state index in [1.54, 1.807) is 30.0 Å². The zero-order chi connectivity index (χ0) is 24.6. The smallest absolute Gasteiger partial charge is 0.304 e. The number of hydrogen-bond acceptors (Lipinski definition) is 6. The van der Waals surface area contributed by atoms with Gasteiger partial charge in [-0.1, -0.05) is 0 Å². The molecular weight excluding hydrogens is 460 g/mol. The summed E-state index contributed by atoms with van der Waals surface area (Å²) in [5.74, 6) is -0.319. The maximum Gasteiger partial charge on any atom is 0.304 e. The first-order valence-corrected chi connectivity index (χ1v) is 12.1. The molecule has 1 heterocycles. The van der Waals surface area contributed by atoms with E-state index in [2.05, 4.69) is 24.5 Å². The Morgan fingerprint density at radius 1 is 1.00 bits per heavy atom. The van der Waals surface area contributed by atoms with Crippen molar-refractivity contribution in [2.45, 2.75) is 55.1 Å². The molecule has 3 N–H and O–H groups in total. The predicted octanol–water partition coefficient (Wildman–Crippen LogP) is 5.31. The molecule has 33 heavy (non-hydrogen) atoms. The van der Waals surface area contributed by atoms with E-state index in [0.717, 1.165) is 21.0 Å². The number of Topliss-reactive ketones (excluding diaryl/α,β-unsaturated/α-hetero) is 1. The lowest BCUT2D eigenvalue weighted by Gasteiger charge is -2.29. The number of thioether (sulfide) groups is 2. The van der Waals surface area contributed by atoms with Crippen molar-refractivity contribution >= 4 is 58.5 Å². The quantitative estimate of drug-likeness (QED) is 0.472. The second-order valence-electron chi connectivity index (χ2n) is 8.05. The third-order valence-electron chi connectivity index (χ3n) is 4.33. The Labute approximate surface area is 202 Å². The topological polar surface area (TPSA) is 113 Å². The molecular formula is C24H28N2O5S2. The van der Waals surface area contributed by atoms with Crippen LogP contribution in [0.25, 0.3) is 0 Å². The fourth-order valence-electron chi connectivity index (χ4n) is 3.03. The van der Waals surface area contributed by atoms with Crippen molar-refractivity contribution in [2.75, 3.05) is 16.4 Å². The van der Waals surface area contributed by atoms with Crippen LogP contribution < -0.4 is 10.6 Å². The van der Waals surface area contributed by atoms with Gasteiger partial charge in [0.05, 0.1) is 6.42 Å². The number of fused-ring (bicyclic) bond motifs is 1. The minimum absolute atomic E-state index is 0.0421. The maximum absolute atomic E-state index is 12.0. The van der Waals surface area contributed by atoms with Crippen molar-refractivity contribution in [2.24, 2.45) is 0 Å². The molecule has 0 saturated heterocycles. The Balaban J connectivity index is 0.000000234. The molecule has 2 aromatic carbocycles. The minimum Gasteiger partial charge on any atom is -0.481 e. The fourth-order valence-corrected chi connectivity index (χ4v) is 5.09. The number of nitrogens with one attached hydrogen (secondary N) is 2. The Morgan fingerprint density at radius 2 is 1.58 bits per heavy atom. The van der Waals surface area contributed by atoms with Gasteiger partial charge in [-0.15, -0.1) is 23.5 Å². The van der Waals surface area contributed by atoms with Gasteiger partial charge in [-0.05, 0) is 56.3 Å². The first kappa shape index (κ1) is 26.5. The number of benzene rings is 2. The molecule has 0 bridgehead atoms.